The highest BCUT2D eigenvalue weighted by atomic mass is 127. The lowest BCUT2D eigenvalue weighted by atomic mass is 10.2. The summed E-state index contributed by atoms with van der Waals surface area (Å²) in [4.78, 5) is 4.64. The van der Waals surface area contributed by atoms with E-state index >= 15 is 0 Å². The summed E-state index contributed by atoms with van der Waals surface area (Å²) < 4.78 is 21.6. The Morgan fingerprint density at radius 3 is 2.68 bits per heavy atom. The van der Waals surface area contributed by atoms with Gasteiger partial charge in [0.2, 0.25) is 0 Å². The molecule has 28 heavy (non-hydrogen) atoms. The Kier molecular flexibility index (Phi) is 14.1. The van der Waals surface area contributed by atoms with Gasteiger partial charge in [0.15, 0.2) is 5.96 Å². The molecule has 0 aliphatic carbocycles. The first kappa shape index (κ1) is 24.9. The third-order valence-corrected chi connectivity index (χ3v) is 4.10. The molecule has 2 rings (SSSR count). The molecule has 1 unspecified atom stereocenters. The second kappa shape index (κ2) is 15.8. The van der Waals surface area contributed by atoms with Gasteiger partial charge < -0.3 is 29.6 Å². The molecule has 160 valence electrons. The Morgan fingerprint density at radius 2 is 2.00 bits per heavy atom. The summed E-state index contributed by atoms with van der Waals surface area (Å²) in [6.07, 6.45) is 2.22. The van der Waals surface area contributed by atoms with Crippen molar-refractivity contribution in [3.05, 3.63) is 29.8 Å². The molecule has 8 heteroatoms. The van der Waals surface area contributed by atoms with Gasteiger partial charge in [-0.1, -0.05) is 12.1 Å². The van der Waals surface area contributed by atoms with E-state index in [-0.39, 0.29) is 30.1 Å². The van der Waals surface area contributed by atoms with Gasteiger partial charge in [-0.3, -0.25) is 0 Å². The van der Waals surface area contributed by atoms with E-state index in [2.05, 4.69) is 22.5 Å². The number of nitrogens with zero attached hydrogens (tertiary/aromatic N) is 1. The summed E-state index contributed by atoms with van der Waals surface area (Å²) in [6.45, 7) is 7.76. The Bertz CT molecular complexity index is 537. The third kappa shape index (κ3) is 10.4. The van der Waals surface area contributed by atoms with Gasteiger partial charge in [0.25, 0.3) is 0 Å². The van der Waals surface area contributed by atoms with E-state index in [1.807, 2.05) is 24.3 Å². The van der Waals surface area contributed by atoms with Crippen molar-refractivity contribution < 1.29 is 18.9 Å². The summed E-state index contributed by atoms with van der Waals surface area (Å²) in [5, 5.41) is 6.62. The number of aliphatic imine (C=N–C) groups is 1. The van der Waals surface area contributed by atoms with Gasteiger partial charge in [-0.05, 0) is 37.5 Å². The van der Waals surface area contributed by atoms with Crippen molar-refractivity contribution in [1.29, 1.82) is 0 Å². The summed E-state index contributed by atoms with van der Waals surface area (Å²) in [7, 11) is 1.66. The number of hydrogen-bond donors (Lipinski definition) is 2. The Labute approximate surface area is 185 Å². The van der Waals surface area contributed by atoms with Crippen molar-refractivity contribution in [3.8, 4) is 5.75 Å². The number of ether oxygens (including phenoxy) is 4. The lowest BCUT2D eigenvalue weighted by Crippen LogP contribution is -2.38. The summed E-state index contributed by atoms with van der Waals surface area (Å²) in [5.74, 6) is 1.67. The molecule has 2 N–H and O–H groups in total. The van der Waals surface area contributed by atoms with Crippen molar-refractivity contribution in [3.63, 3.8) is 0 Å². The monoisotopic (exact) mass is 507 g/mol. The number of hydrogen-bond acceptors (Lipinski definition) is 5. The molecule has 1 atom stereocenters. The van der Waals surface area contributed by atoms with Crippen LogP contribution >= 0.6 is 24.0 Å². The van der Waals surface area contributed by atoms with Gasteiger partial charge >= 0.3 is 0 Å². The molecule has 1 saturated heterocycles. The number of rotatable bonds is 12. The molecule has 1 aliphatic rings. The highest BCUT2D eigenvalue weighted by Gasteiger charge is 2.15. The first-order valence-electron chi connectivity index (χ1n) is 9.74. The fourth-order valence-electron chi connectivity index (χ4n) is 2.62. The van der Waals surface area contributed by atoms with Crippen molar-refractivity contribution in [1.82, 2.24) is 10.6 Å². The zero-order valence-electron chi connectivity index (χ0n) is 16.9. The standard InChI is InChI=1S/C20H33N3O4.HI/c1-3-21-20(22-10-4-11-26-19-9-12-25-16-19)23-15-17-5-7-18(8-6-17)27-14-13-24-2;/h5-8,19H,3-4,9-16H2,1-2H3,(H2,21,22,23);1H. The fourth-order valence-corrected chi connectivity index (χ4v) is 2.62. The summed E-state index contributed by atoms with van der Waals surface area (Å²) in [5.41, 5.74) is 1.14. The van der Waals surface area contributed by atoms with Crippen molar-refractivity contribution in [2.75, 3.05) is 53.2 Å². The highest BCUT2D eigenvalue weighted by Crippen LogP contribution is 2.12. The van der Waals surface area contributed by atoms with Crippen LogP contribution in [0.3, 0.4) is 0 Å². The molecule has 1 heterocycles. The maximum Gasteiger partial charge on any atom is 0.191 e. The predicted molar refractivity (Wildman–Crippen MR) is 122 cm³/mol. The number of guanidine groups is 1. The maximum atomic E-state index is 5.78. The number of benzene rings is 1. The predicted octanol–water partition coefficient (Wildman–Crippen LogP) is 2.58. The average molecular weight is 507 g/mol. The Balaban J connectivity index is 0.00000392. The van der Waals surface area contributed by atoms with E-state index in [4.69, 9.17) is 18.9 Å². The van der Waals surface area contributed by atoms with Gasteiger partial charge in [-0.25, -0.2) is 4.99 Å². The molecule has 0 saturated carbocycles. The van der Waals surface area contributed by atoms with Gasteiger partial charge in [0, 0.05) is 33.4 Å². The van der Waals surface area contributed by atoms with Crippen molar-refractivity contribution in [2.45, 2.75) is 32.4 Å². The summed E-state index contributed by atoms with van der Waals surface area (Å²) in [6, 6.07) is 8.00. The minimum absolute atomic E-state index is 0. The Morgan fingerprint density at radius 1 is 1.18 bits per heavy atom. The van der Waals surface area contributed by atoms with Crippen LogP contribution in [0.5, 0.6) is 5.75 Å². The number of methoxy groups -OCH3 is 1. The third-order valence-electron chi connectivity index (χ3n) is 4.10. The van der Waals surface area contributed by atoms with Crippen molar-refractivity contribution in [2.24, 2.45) is 4.99 Å². The smallest absolute Gasteiger partial charge is 0.191 e. The van der Waals surface area contributed by atoms with E-state index < -0.39 is 0 Å². The molecule has 0 radical (unpaired) electrons. The van der Waals surface area contributed by atoms with E-state index in [0.717, 1.165) is 63.0 Å². The van der Waals surface area contributed by atoms with Gasteiger partial charge in [-0.2, -0.15) is 0 Å². The van der Waals surface area contributed by atoms with E-state index in [0.29, 0.717) is 19.8 Å². The second-order valence-electron chi connectivity index (χ2n) is 6.32. The zero-order valence-corrected chi connectivity index (χ0v) is 19.3. The minimum Gasteiger partial charge on any atom is -0.491 e. The largest absolute Gasteiger partial charge is 0.491 e. The average Bonchev–Trinajstić information content (AvgIpc) is 3.20. The lowest BCUT2D eigenvalue weighted by Gasteiger charge is -2.13. The highest BCUT2D eigenvalue weighted by molar-refractivity contribution is 14.0. The number of nitrogens with one attached hydrogen (secondary N) is 2. The van der Waals surface area contributed by atoms with Crippen LogP contribution < -0.4 is 15.4 Å². The fraction of sp³-hybridized carbons (Fsp3) is 0.650. The first-order valence-corrected chi connectivity index (χ1v) is 9.74. The molecular weight excluding hydrogens is 473 g/mol. The normalized spacial score (nSPS) is 16.5. The lowest BCUT2D eigenvalue weighted by molar-refractivity contribution is 0.0420. The number of halogens is 1. The SMILES string of the molecule is CCNC(=NCc1ccc(OCCOC)cc1)NCCCOC1CCOC1.I. The maximum absolute atomic E-state index is 5.78. The first-order chi connectivity index (χ1) is 13.3. The molecule has 1 fully saturated rings. The summed E-state index contributed by atoms with van der Waals surface area (Å²) >= 11 is 0. The molecule has 1 aromatic rings. The second-order valence-corrected chi connectivity index (χ2v) is 6.32. The zero-order chi connectivity index (χ0) is 19.2. The molecule has 1 aliphatic heterocycles. The molecule has 0 bridgehead atoms. The van der Waals surface area contributed by atoms with Crippen LogP contribution in [-0.4, -0.2) is 65.3 Å². The van der Waals surface area contributed by atoms with Gasteiger partial charge in [0.05, 0.1) is 25.9 Å². The van der Waals surface area contributed by atoms with Gasteiger partial charge in [-0.15, -0.1) is 24.0 Å². The molecular formula is C20H34IN3O4. The van der Waals surface area contributed by atoms with Crippen LogP contribution in [-0.2, 0) is 20.8 Å². The van der Waals surface area contributed by atoms with E-state index in [1.54, 1.807) is 7.11 Å². The van der Waals surface area contributed by atoms with Crippen LogP contribution in [0.4, 0.5) is 0 Å². The van der Waals surface area contributed by atoms with Gasteiger partial charge in [0.1, 0.15) is 12.4 Å². The molecule has 0 amide bonds. The minimum atomic E-state index is 0. The van der Waals surface area contributed by atoms with Crippen LogP contribution in [0.25, 0.3) is 0 Å². The molecule has 0 aromatic heterocycles. The Hall–Kier alpha value is -1.10. The van der Waals surface area contributed by atoms with E-state index in [1.165, 1.54) is 0 Å². The van der Waals surface area contributed by atoms with Crippen LogP contribution in [0.2, 0.25) is 0 Å². The molecule has 1 aromatic carbocycles. The van der Waals surface area contributed by atoms with E-state index in [9.17, 15) is 0 Å². The van der Waals surface area contributed by atoms with Crippen LogP contribution in [0.1, 0.15) is 25.3 Å². The van der Waals surface area contributed by atoms with Crippen LogP contribution in [0, 0.1) is 0 Å². The molecule has 7 nitrogen and oxygen atoms in total. The molecule has 0 spiro atoms. The quantitative estimate of drug-likeness (QED) is 0.196. The van der Waals surface area contributed by atoms with Crippen molar-refractivity contribution >= 4 is 29.9 Å². The topological polar surface area (TPSA) is 73.3 Å². The van der Waals surface area contributed by atoms with Crippen LogP contribution in [0.15, 0.2) is 29.3 Å².